The van der Waals surface area contributed by atoms with Gasteiger partial charge in [-0.25, -0.2) is 9.67 Å². The first kappa shape index (κ1) is 12.0. The van der Waals surface area contributed by atoms with Gasteiger partial charge in [0.2, 0.25) is 0 Å². The van der Waals surface area contributed by atoms with Crippen LogP contribution in [0.2, 0.25) is 10.0 Å². The molecule has 0 atom stereocenters. The predicted octanol–water partition coefficient (Wildman–Crippen LogP) is 2.83. The zero-order valence-corrected chi connectivity index (χ0v) is 11.1. The lowest BCUT2D eigenvalue weighted by molar-refractivity contribution is 0.638. The molecule has 1 aromatic heterocycles. The number of rotatable bonds is 4. The van der Waals surface area contributed by atoms with E-state index in [4.69, 9.17) is 23.2 Å². The average Bonchev–Trinajstić information content (AvgIpc) is 3.08. The van der Waals surface area contributed by atoms with Gasteiger partial charge in [0.15, 0.2) is 0 Å². The van der Waals surface area contributed by atoms with Crippen LogP contribution < -0.4 is 5.32 Å². The Labute approximate surface area is 115 Å². The van der Waals surface area contributed by atoms with Crippen molar-refractivity contribution in [1.82, 2.24) is 20.1 Å². The maximum absolute atomic E-state index is 6.01. The molecule has 0 bridgehead atoms. The fourth-order valence-corrected chi connectivity index (χ4v) is 2.03. The summed E-state index contributed by atoms with van der Waals surface area (Å²) in [5, 5.41) is 8.69. The molecule has 4 nitrogen and oxygen atoms in total. The summed E-state index contributed by atoms with van der Waals surface area (Å²) in [6, 6.07) is 6.07. The molecule has 3 rings (SSSR count). The van der Waals surface area contributed by atoms with Crippen LogP contribution in [0.5, 0.6) is 0 Å². The van der Waals surface area contributed by atoms with Crippen molar-refractivity contribution in [3.63, 3.8) is 0 Å². The number of nitrogens with zero attached hydrogens (tertiary/aromatic N) is 3. The van der Waals surface area contributed by atoms with E-state index >= 15 is 0 Å². The molecule has 0 spiro atoms. The maximum atomic E-state index is 6.01. The van der Waals surface area contributed by atoms with Gasteiger partial charge in [-0.15, -0.1) is 0 Å². The molecule has 0 radical (unpaired) electrons. The number of hydrogen-bond acceptors (Lipinski definition) is 3. The van der Waals surface area contributed by atoms with E-state index in [2.05, 4.69) is 15.4 Å². The van der Waals surface area contributed by atoms with E-state index in [1.165, 1.54) is 12.8 Å². The Hall–Kier alpha value is -1.10. The second-order valence-electron chi connectivity index (χ2n) is 4.34. The molecule has 1 N–H and O–H groups in total. The highest BCUT2D eigenvalue weighted by atomic mass is 35.5. The number of nitrogens with one attached hydrogen (secondary N) is 1. The van der Waals surface area contributed by atoms with Crippen LogP contribution >= 0.6 is 23.2 Å². The summed E-state index contributed by atoms with van der Waals surface area (Å²) in [7, 11) is 0. The van der Waals surface area contributed by atoms with Gasteiger partial charge in [0.05, 0.1) is 22.3 Å². The van der Waals surface area contributed by atoms with Gasteiger partial charge in [-0.1, -0.05) is 23.2 Å². The number of hydrogen-bond donors (Lipinski definition) is 1. The van der Waals surface area contributed by atoms with Gasteiger partial charge in [-0.2, -0.15) is 5.10 Å². The Kier molecular flexibility index (Phi) is 3.24. The largest absolute Gasteiger partial charge is 0.307 e. The highest BCUT2D eigenvalue weighted by Gasteiger charge is 2.21. The maximum Gasteiger partial charge on any atom is 0.146 e. The minimum absolute atomic E-state index is 0.519. The van der Waals surface area contributed by atoms with Crippen molar-refractivity contribution < 1.29 is 0 Å². The molecule has 0 unspecified atom stereocenters. The van der Waals surface area contributed by atoms with Gasteiger partial charge in [0.25, 0.3) is 0 Å². The van der Waals surface area contributed by atoms with Crippen LogP contribution in [-0.4, -0.2) is 20.8 Å². The predicted molar refractivity (Wildman–Crippen MR) is 71.2 cm³/mol. The molecule has 1 aliphatic rings. The van der Waals surface area contributed by atoms with Gasteiger partial charge in [-0.05, 0) is 31.0 Å². The lowest BCUT2D eigenvalue weighted by Gasteiger charge is -2.07. The first-order valence-electron chi connectivity index (χ1n) is 5.82. The van der Waals surface area contributed by atoms with Crippen molar-refractivity contribution in [1.29, 1.82) is 0 Å². The molecule has 1 aromatic carbocycles. The van der Waals surface area contributed by atoms with Crippen LogP contribution in [0.25, 0.3) is 5.69 Å². The summed E-state index contributed by atoms with van der Waals surface area (Å²) in [6.45, 7) is 0.713. The van der Waals surface area contributed by atoms with Crippen molar-refractivity contribution in [2.75, 3.05) is 0 Å². The second kappa shape index (κ2) is 4.88. The molecule has 94 valence electrons. The summed E-state index contributed by atoms with van der Waals surface area (Å²) in [4.78, 5) is 4.26. The Balaban J connectivity index is 1.85. The zero-order chi connectivity index (χ0) is 12.5. The molecule has 0 amide bonds. The SMILES string of the molecule is Clc1ccc(-n2ncnc2CNC2CC2)cc1Cl. The molecule has 1 heterocycles. The Bertz CT molecular complexity index is 563. The van der Waals surface area contributed by atoms with E-state index in [1.54, 1.807) is 23.1 Å². The van der Waals surface area contributed by atoms with Crippen molar-refractivity contribution in [2.45, 2.75) is 25.4 Å². The summed E-state index contributed by atoms with van der Waals surface area (Å²) < 4.78 is 1.78. The monoisotopic (exact) mass is 282 g/mol. The Morgan fingerprint density at radius 3 is 2.83 bits per heavy atom. The fourth-order valence-electron chi connectivity index (χ4n) is 1.74. The van der Waals surface area contributed by atoms with Crippen molar-refractivity contribution in [3.05, 3.63) is 40.4 Å². The van der Waals surface area contributed by atoms with E-state index in [9.17, 15) is 0 Å². The smallest absolute Gasteiger partial charge is 0.146 e. The third-order valence-electron chi connectivity index (χ3n) is 2.89. The van der Waals surface area contributed by atoms with E-state index in [1.807, 2.05) is 6.07 Å². The van der Waals surface area contributed by atoms with Crippen LogP contribution in [0.3, 0.4) is 0 Å². The third-order valence-corrected chi connectivity index (χ3v) is 3.63. The minimum atomic E-state index is 0.519. The second-order valence-corrected chi connectivity index (χ2v) is 5.16. The van der Waals surface area contributed by atoms with E-state index in [-0.39, 0.29) is 0 Å². The van der Waals surface area contributed by atoms with Crippen molar-refractivity contribution in [3.8, 4) is 5.69 Å². The third kappa shape index (κ3) is 2.51. The Morgan fingerprint density at radius 1 is 1.28 bits per heavy atom. The van der Waals surface area contributed by atoms with E-state index < -0.39 is 0 Å². The first-order chi connectivity index (χ1) is 8.74. The van der Waals surface area contributed by atoms with Gasteiger partial charge in [0, 0.05) is 6.04 Å². The van der Waals surface area contributed by atoms with Crippen LogP contribution in [0.4, 0.5) is 0 Å². The molecule has 1 aliphatic carbocycles. The van der Waals surface area contributed by atoms with E-state index in [0.29, 0.717) is 22.6 Å². The first-order valence-corrected chi connectivity index (χ1v) is 6.57. The molecular formula is C12H12Cl2N4. The van der Waals surface area contributed by atoms with Gasteiger partial charge >= 0.3 is 0 Å². The summed E-state index contributed by atoms with van der Waals surface area (Å²) in [5.41, 5.74) is 0.870. The van der Waals surface area contributed by atoms with Crippen LogP contribution in [0, 0.1) is 0 Å². The lowest BCUT2D eigenvalue weighted by Crippen LogP contribution is -2.18. The Morgan fingerprint density at radius 2 is 2.11 bits per heavy atom. The number of benzene rings is 1. The van der Waals surface area contributed by atoms with Crippen molar-refractivity contribution in [2.24, 2.45) is 0 Å². The molecule has 0 aliphatic heterocycles. The topological polar surface area (TPSA) is 42.7 Å². The zero-order valence-electron chi connectivity index (χ0n) is 9.61. The molecule has 6 heteroatoms. The molecule has 0 saturated heterocycles. The highest BCUT2D eigenvalue weighted by Crippen LogP contribution is 2.24. The summed E-state index contributed by atoms with van der Waals surface area (Å²) in [5.74, 6) is 0.875. The lowest BCUT2D eigenvalue weighted by atomic mass is 10.3. The molecule has 2 aromatic rings. The molecule has 1 fully saturated rings. The summed E-state index contributed by atoms with van der Waals surface area (Å²) >= 11 is 11.9. The van der Waals surface area contributed by atoms with Gasteiger partial charge < -0.3 is 5.32 Å². The number of aromatic nitrogens is 3. The normalized spacial score (nSPS) is 15.0. The highest BCUT2D eigenvalue weighted by molar-refractivity contribution is 6.42. The quantitative estimate of drug-likeness (QED) is 0.938. The molecule has 18 heavy (non-hydrogen) atoms. The number of halogens is 2. The van der Waals surface area contributed by atoms with Crippen LogP contribution in [-0.2, 0) is 6.54 Å². The van der Waals surface area contributed by atoms with Crippen LogP contribution in [0.1, 0.15) is 18.7 Å². The van der Waals surface area contributed by atoms with E-state index in [0.717, 1.165) is 11.5 Å². The molecular weight excluding hydrogens is 271 g/mol. The van der Waals surface area contributed by atoms with Gasteiger partial charge in [-0.3, -0.25) is 0 Å². The summed E-state index contributed by atoms with van der Waals surface area (Å²) in [6.07, 6.45) is 4.05. The fraction of sp³-hybridized carbons (Fsp3) is 0.333. The standard InChI is InChI=1S/C12H12Cl2N4/c13-10-4-3-9(5-11(10)14)18-12(16-7-17-18)6-15-8-1-2-8/h3-5,7-8,15H,1-2,6H2. The average molecular weight is 283 g/mol. The van der Waals surface area contributed by atoms with Crippen molar-refractivity contribution >= 4 is 23.2 Å². The molecule has 1 saturated carbocycles. The van der Waals surface area contributed by atoms with Crippen LogP contribution in [0.15, 0.2) is 24.5 Å². The van der Waals surface area contributed by atoms with Gasteiger partial charge in [0.1, 0.15) is 12.2 Å². The minimum Gasteiger partial charge on any atom is -0.307 e.